The van der Waals surface area contributed by atoms with Crippen LogP contribution >= 0.6 is 10.1 Å². The van der Waals surface area contributed by atoms with Crippen molar-refractivity contribution in [1.29, 1.82) is 0 Å². The second-order valence-electron chi connectivity index (χ2n) is 6.56. The number of piperidine rings is 2. The zero-order chi connectivity index (χ0) is 13.7. The first kappa shape index (κ1) is 16.2. The minimum absolute atomic E-state index is 0.959. The van der Waals surface area contributed by atoms with E-state index in [1.807, 2.05) is 0 Å². The minimum atomic E-state index is -1.49. The molecule has 0 amide bonds. The van der Waals surface area contributed by atoms with Crippen LogP contribution < -0.4 is 0 Å². The maximum absolute atomic E-state index is 2.83. The van der Waals surface area contributed by atoms with Gasteiger partial charge in [0.1, 0.15) is 0 Å². The van der Waals surface area contributed by atoms with Crippen molar-refractivity contribution in [3.8, 4) is 0 Å². The van der Waals surface area contributed by atoms with Gasteiger partial charge >= 0.3 is 127 Å². The quantitative estimate of drug-likeness (QED) is 0.625. The molecular formula is C16H33GeNS. The van der Waals surface area contributed by atoms with Gasteiger partial charge in [0, 0.05) is 0 Å². The van der Waals surface area contributed by atoms with E-state index in [1.165, 1.54) is 66.7 Å². The third-order valence-electron chi connectivity index (χ3n) is 5.77. The number of hydrogen-bond acceptors (Lipinski definition) is 2. The molecule has 0 aliphatic carbocycles. The van der Waals surface area contributed by atoms with Gasteiger partial charge in [-0.15, -0.1) is 0 Å². The van der Waals surface area contributed by atoms with E-state index < -0.39 is 12.1 Å². The molecule has 0 spiro atoms. The van der Waals surface area contributed by atoms with Gasteiger partial charge in [0.05, 0.1) is 0 Å². The Kier molecular flexibility index (Phi) is 6.62. The van der Waals surface area contributed by atoms with Crippen molar-refractivity contribution in [2.75, 3.05) is 18.8 Å². The summed E-state index contributed by atoms with van der Waals surface area (Å²) in [5.41, 5.74) is 0. The molecule has 0 aromatic carbocycles. The van der Waals surface area contributed by atoms with Crippen LogP contribution in [0.1, 0.15) is 52.9 Å². The molecule has 0 radical (unpaired) electrons. The third kappa shape index (κ3) is 3.94. The van der Waals surface area contributed by atoms with Crippen LogP contribution in [0.2, 0.25) is 15.8 Å². The number of fused-ring (bicyclic) bond motifs is 1. The summed E-state index contributed by atoms with van der Waals surface area (Å²) in [6.07, 6.45) is 7.42. The summed E-state index contributed by atoms with van der Waals surface area (Å²) >= 11 is -1.49. The Morgan fingerprint density at radius 2 is 1.63 bits per heavy atom. The average Bonchev–Trinajstić information content (AvgIpc) is 2.49. The summed E-state index contributed by atoms with van der Waals surface area (Å²) in [4.78, 5) is 2.83. The van der Waals surface area contributed by atoms with Gasteiger partial charge in [-0.1, -0.05) is 0 Å². The molecule has 0 unspecified atom stereocenters. The van der Waals surface area contributed by atoms with E-state index >= 15 is 0 Å². The number of hydrogen-bond donors (Lipinski definition) is 0. The molecule has 0 saturated carbocycles. The second kappa shape index (κ2) is 7.75. The van der Waals surface area contributed by atoms with Crippen LogP contribution in [0.25, 0.3) is 0 Å². The zero-order valence-corrected chi connectivity index (χ0v) is 16.2. The fraction of sp³-hybridized carbons (Fsp3) is 1.00. The molecule has 2 heterocycles. The Labute approximate surface area is 126 Å². The van der Waals surface area contributed by atoms with Crippen molar-refractivity contribution in [2.45, 2.75) is 74.7 Å². The molecule has 0 aromatic heterocycles. The van der Waals surface area contributed by atoms with Crippen molar-refractivity contribution in [3.05, 3.63) is 0 Å². The number of nitrogens with zero attached hydrogens (tertiary/aromatic N) is 1. The van der Waals surface area contributed by atoms with E-state index in [0.717, 1.165) is 12.0 Å². The fourth-order valence-corrected chi connectivity index (χ4v) is 16.3. The first-order valence-electron chi connectivity index (χ1n) is 8.62. The van der Waals surface area contributed by atoms with Gasteiger partial charge < -0.3 is 0 Å². The molecule has 112 valence electrons. The summed E-state index contributed by atoms with van der Waals surface area (Å²) in [6, 6.07) is 0.959. The standard InChI is InChI=1S/C16H33GeNS/c1-4-17(5-2,6-3)19-14-15-10-9-13-18-12-8-7-11-16(15)18/h15-16H,4-14H2,1-3H3/t15-,16+/m0/s1. The van der Waals surface area contributed by atoms with Crippen molar-refractivity contribution in [1.82, 2.24) is 4.90 Å². The van der Waals surface area contributed by atoms with E-state index in [9.17, 15) is 0 Å². The third-order valence-corrected chi connectivity index (χ3v) is 24.5. The molecule has 3 heteroatoms. The molecule has 2 atom stereocenters. The summed E-state index contributed by atoms with van der Waals surface area (Å²) < 4.78 is 0. The Morgan fingerprint density at radius 3 is 2.32 bits per heavy atom. The predicted octanol–water partition coefficient (Wildman–Crippen LogP) is 4.99. The van der Waals surface area contributed by atoms with Gasteiger partial charge in [-0.25, -0.2) is 0 Å². The van der Waals surface area contributed by atoms with Gasteiger partial charge in [0.25, 0.3) is 0 Å². The molecule has 2 fully saturated rings. The van der Waals surface area contributed by atoms with Crippen molar-refractivity contribution >= 4 is 22.2 Å². The average molecular weight is 344 g/mol. The van der Waals surface area contributed by atoms with Crippen molar-refractivity contribution in [2.24, 2.45) is 5.92 Å². The van der Waals surface area contributed by atoms with E-state index in [2.05, 4.69) is 35.8 Å². The molecule has 2 saturated heterocycles. The van der Waals surface area contributed by atoms with Crippen LogP contribution in [0.3, 0.4) is 0 Å². The van der Waals surface area contributed by atoms with E-state index in [-0.39, 0.29) is 0 Å². The molecule has 19 heavy (non-hydrogen) atoms. The molecule has 2 aliphatic rings. The first-order chi connectivity index (χ1) is 9.24. The van der Waals surface area contributed by atoms with Crippen molar-refractivity contribution < 1.29 is 0 Å². The van der Waals surface area contributed by atoms with Crippen LogP contribution in [-0.2, 0) is 0 Å². The van der Waals surface area contributed by atoms with E-state index in [4.69, 9.17) is 0 Å². The normalized spacial score (nSPS) is 29.2. The Balaban J connectivity index is 1.90. The van der Waals surface area contributed by atoms with Crippen LogP contribution in [0, 0.1) is 5.92 Å². The van der Waals surface area contributed by atoms with Gasteiger partial charge in [0.2, 0.25) is 0 Å². The molecule has 0 N–H and O–H groups in total. The summed E-state index contributed by atoms with van der Waals surface area (Å²) in [5.74, 6) is 2.52. The topological polar surface area (TPSA) is 3.24 Å². The molecular weight excluding hydrogens is 311 g/mol. The van der Waals surface area contributed by atoms with Gasteiger partial charge in [-0.05, 0) is 0 Å². The summed E-state index contributed by atoms with van der Waals surface area (Å²) in [7, 11) is 2.49. The molecule has 0 bridgehead atoms. The molecule has 0 aromatic rings. The monoisotopic (exact) mass is 345 g/mol. The molecule has 2 aliphatic heterocycles. The van der Waals surface area contributed by atoms with Gasteiger partial charge in [-0.2, -0.15) is 0 Å². The van der Waals surface area contributed by atoms with Gasteiger partial charge in [-0.3, -0.25) is 0 Å². The summed E-state index contributed by atoms with van der Waals surface area (Å²) in [6.45, 7) is 10.2. The Bertz CT molecular complexity index is 257. The molecule has 1 nitrogen and oxygen atoms in total. The summed E-state index contributed by atoms with van der Waals surface area (Å²) in [5, 5.41) is 4.58. The zero-order valence-electron chi connectivity index (χ0n) is 13.3. The Morgan fingerprint density at radius 1 is 0.947 bits per heavy atom. The van der Waals surface area contributed by atoms with Gasteiger partial charge in [0.15, 0.2) is 0 Å². The van der Waals surface area contributed by atoms with Crippen LogP contribution in [0.15, 0.2) is 0 Å². The Hall–Kier alpha value is 0.853. The SMILES string of the molecule is C[CH2][Ge]([CH2]C)([CH2]C)[S]C[C@@H]1CCCN2CCCC[C@H]12. The number of rotatable bonds is 6. The van der Waals surface area contributed by atoms with Crippen LogP contribution in [0.4, 0.5) is 0 Å². The van der Waals surface area contributed by atoms with Crippen molar-refractivity contribution in [3.63, 3.8) is 0 Å². The second-order valence-corrected chi connectivity index (χ2v) is 22.9. The van der Waals surface area contributed by atoms with Crippen LogP contribution in [0.5, 0.6) is 0 Å². The van der Waals surface area contributed by atoms with E-state index in [0.29, 0.717) is 0 Å². The van der Waals surface area contributed by atoms with E-state index in [1.54, 1.807) is 0 Å². The molecule has 2 rings (SSSR count). The predicted molar refractivity (Wildman–Crippen MR) is 91.6 cm³/mol. The first-order valence-corrected chi connectivity index (χ1v) is 16.6. The fourth-order valence-electron chi connectivity index (χ4n) is 4.11. The van der Waals surface area contributed by atoms with Crippen LogP contribution in [-0.4, -0.2) is 41.9 Å². The maximum atomic E-state index is 2.83.